The van der Waals surface area contributed by atoms with E-state index in [0.717, 1.165) is 17.4 Å². The third-order valence-electron chi connectivity index (χ3n) is 1.91. The molecule has 1 aliphatic rings. The summed E-state index contributed by atoms with van der Waals surface area (Å²) < 4.78 is 5.19. The molecule has 0 saturated carbocycles. The Kier molecular flexibility index (Phi) is 3.06. The van der Waals surface area contributed by atoms with Gasteiger partial charge in [-0.05, 0) is 12.1 Å². The van der Waals surface area contributed by atoms with E-state index in [0.29, 0.717) is 0 Å². The van der Waals surface area contributed by atoms with Gasteiger partial charge in [0, 0.05) is 12.8 Å². The third kappa shape index (κ3) is 2.27. The Morgan fingerprint density at radius 3 is 2.86 bits per heavy atom. The molecule has 4 heteroatoms. The Morgan fingerprint density at radius 2 is 2.21 bits per heavy atom. The van der Waals surface area contributed by atoms with Gasteiger partial charge in [0.15, 0.2) is 5.17 Å². The van der Waals surface area contributed by atoms with Gasteiger partial charge in [-0.3, -0.25) is 4.99 Å². The van der Waals surface area contributed by atoms with Crippen LogP contribution in [-0.4, -0.2) is 24.3 Å². The van der Waals surface area contributed by atoms with Gasteiger partial charge >= 0.3 is 0 Å². The minimum absolute atomic E-state index is 0.168. The summed E-state index contributed by atoms with van der Waals surface area (Å²) in [5.74, 6) is 0. The van der Waals surface area contributed by atoms with E-state index in [1.165, 1.54) is 0 Å². The van der Waals surface area contributed by atoms with Crippen LogP contribution >= 0.6 is 11.8 Å². The van der Waals surface area contributed by atoms with E-state index in [2.05, 4.69) is 10.3 Å². The minimum atomic E-state index is 0.168. The Labute approximate surface area is 87.6 Å². The quantitative estimate of drug-likeness (QED) is 0.808. The van der Waals surface area contributed by atoms with Crippen molar-refractivity contribution in [2.24, 2.45) is 4.99 Å². The van der Waals surface area contributed by atoms with Crippen molar-refractivity contribution in [3.8, 4) is 0 Å². The SMILES string of the molecule is COC1CN=C(Nc2ccccc2)S1. The third-order valence-corrected chi connectivity index (χ3v) is 2.97. The lowest BCUT2D eigenvalue weighted by atomic mass is 10.3. The average molecular weight is 208 g/mol. The smallest absolute Gasteiger partial charge is 0.163 e. The van der Waals surface area contributed by atoms with Gasteiger partial charge in [0.1, 0.15) is 5.44 Å². The van der Waals surface area contributed by atoms with Crippen molar-refractivity contribution < 1.29 is 4.74 Å². The number of hydrogen-bond donors (Lipinski definition) is 1. The molecule has 0 fully saturated rings. The van der Waals surface area contributed by atoms with Crippen LogP contribution in [0, 0.1) is 0 Å². The van der Waals surface area contributed by atoms with Crippen LogP contribution in [0.4, 0.5) is 5.69 Å². The summed E-state index contributed by atoms with van der Waals surface area (Å²) >= 11 is 1.62. The van der Waals surface area contributed by atoms with Crippen molar-refractivity contribution in [2.45, 2.75) is 5.44 Å². The van der Waals surface area contributed by atoms with Gasteiger partial charge < -0.3 is 10.1 Å². The topological polar surface area (TPSA) is 33.6 Å². The molecule has 0 aromatic heterocycles. The number of anilines is 1. The molecule has 0 bridgehead atoms. The van der Waals surface area contributed by atoms with Gasteiger partial charge in [0.2, 0.25) is 0 Å². The number of amidine groups is 1. The molecule has 0 radical (unpaired) electrons. The second-order valence-electron chi connectivity index (χ2n) is 2.92. The van der Waals surface area contributed by atoms with Crippen molar-refractivity contribution in [1.29, 1.82) is 0 Å². The van der Waals surface area contributed by atoms with E-state index >= 15 is 0 Å². The monoisotopic (exact) mass is 208 g/mol. The zero-order valence-corrected chi connectivity index (χ0v) is 8.75. The van der Waals surface area contributed by atoms with Crippen LogP contribution < -0.4 is 5.32 Å². The highest BCUT2D eigenvalue weighted by Gasteiger charge is 2.18. The molecule has 1 aromatic carbocycles. The number of hydrogen-bond acceptors (Lipinski definition) is 4. The van der Waals surface area contributed by atoms with Gasteiger partial charge in [-0.2, -0.15) is 0 Å². The fraction of sp³-hybridized carbons (Fsp3) is 0.300. The minimum Gasteiger partial charge on any atom is -0.368 e. The van der Waals surface area contributed by atoms with E-state index in [4.69, 9.17) is 4.74 Å². The molecular formula is C10H12N2OS. The first-order chi connectivity index (χ1) is 6.88. The van der Waals surface area contributed by atoms with E-state index in [9.17, 15) is 0 Å². The summed E-state index contributed by atoms with van der Waals surface area (Å²) in [6.45, 7) is 0.732. The first kappa shape index (κ1) is 9.55. The second-order valence-corrected chi connectivity index (χ2v) is 4.07. The Balaban J connectivity index is 1.94. The number of para-hydroxylation sites is 1. The van der Waals surface area contributed by atoms with Gasteiger partial charge in [-0.25, -0.2) is 0 Å². The number of nitrogens with zero attached hydrogens (tertiary/aromatic N) is 1. The molecule has 0 amide bonds. The summed E-state index contributed by atoms with van der Waals surface area (Å²) in [5.41, 5.74) is 1.23. The number of benzene rings is 1. The Bertz CT molecular complexity index is 326. The highest BCUT2D eigenvalue weighted by Crippen LogP contribution is 2.22. The second kappa shape index (κ2) is 4.48. The molecule has 0 aliphatic carbocycles. The molecule has 1 atom stereocenters. The predicted molar refractivity (Wildman–Crippen MR) is 60.8 cm³/mol. The summed E-state index contributed by atoms with van der Waals surface area (Å²) in [4.78, 5) is 4.33. The van der Waals surface area contributed by atoms with Crippen LogP contribution in [-0.2, 0) is 4.74 Å². The van der Waals surface area contributed by atoms with Crippen LogP contribution in [0.15, 0.2) is 35.3 Å². The molecule has 1 aromatic rings. The van der Waals surface area contributed by atoms with Crippen molar-refractivity contribution in [3.05, 3.63) is 30.3 Å². The molecule has 1 N–H and O–H groups in total. The van der Waals surface area contributed by atoms with Crippen molar-refractivity contribution in [2.75, 3.05) is 19.0 Å². The van der Waals surface area contributed by atoms with E-state index in [1.54, 1.807) is 18.9 Å². The van der Waals surface area contributed by atoms with Crippen LogP contribution in [0.25, 0.3) is 0 Å². The predicted octanol–water partition coefficient (Wildman–Crippen LogP) is 2.17. The van der Waals surface area contributed by atoms with E-state index < -0.39 is 0 Å². The van der Waals surface area contributed by atoms with Crippen LogP contribution in [0.3, 0.4) is 0 Å². The number of nitrogens with one attached hydrogen (secondary N) is 1. The number of aliphatic imine (C=N–C) groups is 1. The first-order valence-corrected chi connectivity index (χ1v) is 5.32. The summed E-state index contributed by atoms with van der Waals surface area (Å²) in [6.07, 6.45) is 0. The normalized spacial score (nSPS) is 20.6. The summed E-state index contributed by atoms with van der Waals surface area (Å²) in [6, 6.07) is 10.0. The molecule has 1 aliphatic heterocycles. The molecule has 0 saturated heterocycles. The molecular weight excluding hydrogens is 196 g/mol. The van der Waals surface area contributed by atoms with Gasteiger partial charge in [0.05, 0.1) is 6.54 Å². The van der Waals surface area contributed by atoms with Crippen LogP contribution in [0.2, 0.25) is 0 Å². The number of thioether (sulfide) groups is 1. The zero-order valence-electron chi connectivity index (χ0n) is 7.93. The maximum absolute atomic E-state index is 5.19. The van der Waals surface area contributed by atoms with Crippen molar-refractivity contribution in [3.63, 3.8) is 0 Å². The molecule has 3 nitrogen and oxygen atoms in total. The largest absolute Gasteiger partial charge is 0.368 e. The Hall–Kier alpha value is -1.00. The molecule has 0 spiro atoms. The van der Waals surface area contributed by atoms with Crippen molar-refractivity contribution >= 4 is 22.6 Å². The van der Waals surface area contributed by atoms with Crippen molar-refractivity contribution in [1.82, 2.24) is 0 Å². The maximum atomic E-state index is 5.19. The number of methoxy groups -OCH3 is 1. The lowest BCUT2D eigenvalue weighted by Gasteiger charge is -2.06. The standard InChI is InChI=1S/C10H12N2OS/c1-13-9-7-11-10(14-9)12-8-5-3-2-4-6-8/h2-6,9H,7H2,1H3,(H,11,12). The molecule has 2 rings (SSSR count). The lowest BCUT2D eigenvalue weighted by molar-refractivity contribution is 0.182. The number of rotatable bonds is 2. The fourth-order valence-electron chi connectivity index (χ4n) is 1.19. The molecule has 1 heterocycles. The van der Waals surface area contributed by atoms with Crippen LogP contribution in [0.1, 0.15) is 0 Å². The Morgan fingerprint density at radius 1 is 1.43 bits per heavy atom. The van der Waals surface area contributed by atoms with E-state index in [1.807, 2.05) is 30.3 Å². The summed E-state index contributed by atoms with van der Waals surface area (Å²) in [7, 11) is 1.71. The van der Waals surface area contributed by atoms with E-state index in [-0.39, 0.29) is 5.44 Å². The highest BCUT2D eigenvalue weighted by molar-refractivity contribution is 8.14. The van der Waals surface area contributed by atoms with Gasteiger partial charge in [-0.15, -0.1) is 0 Å². The number of ether oxygens (including phenoxy) is 1. The van der Waals surface area contributed by atoms with Gasteiger partial charge in [-0.1, -0.05) is 30.0 Å². The summed E-state index contributed by atoms with van der Waals surface area (Å²) in [5, 5.41) is 4.17. The fourth-order valence-corrected chi connectivity index (χ4v) is 2.01. The highest BCUT2D eigenvalue weighted by atomic mass is 32.2. The molecule has 1 unspecified atom stereocenters. The molecule has 14 heavy (non-hydrogen) atoms. The first-order valence-electron chi connectivity index (χ1n) is 4.44. The molecule has 74 valence electrons. The zero-order chi connectivity index (χ0) is 9.80. The lowest BCUT2D eigenvalue weighted by Crippen LogP contribution is -2.08. The maximum Gasteiger partial charge on any atom is 0.163 e. The van der Waals surface area contributed by atoms with Gasteiger partial charge in [0.25, 0.3) is 0 Å². The average Bonchev–Trinajstić information content (AvgIpc) is 2.67. The van der Waals surface area contributed by atoms with Crippen LogP contribution in [0.5, 0.6) is 0 Å².